The summed E-state index contributed by atoms with van der Waals surface area (Å²) in [6.45, 7) is 13.4. The summed E-state index contributed by atoms with van der Waals surface area (Å²) in [6, 6.07) is 7.54. The molecule has 2 rings (SSSR count). The molecule has 1 aromatic carbocycles. The molecule has 0 aliphatic heterocycles. The van der Waals surface area contributed by atoms with Gasteiger partial charge in [-0.1, -0.05) is 51.1 Å². The zero-order valence-electron chi connectivity index (χ0n) is 21.5. The Morgan fingerprint density at radius 1 is 1.12 bits per heavy atom. The summed E-state index contributed by atoms with van der Waals surface area (Å²) >= 11 is 0. The first-order chi connectivity index (χ1) is 16.2. The van der Waals surface area contributed by atoms with Crippen LogP contribution in [0.5, 0.6) is 5.75 Å². The number of aryl methyl sites for hydroxylation is 2. The number of aliphatic carboxylic acids is 1. The number of hydrogen-bond donors (Lipinski definition) is 1. The van der Waals surface area contributed by atoms with Crippen LogP contribution in [0, 0.1) is 11.8 Å². The highest BCUT2D eigenvalue weighted by Crippen LogP contribution is 2.17. The van der Waals surface area contributed by atoms with Crippen LogP contribution in [-0.2, 0) is 30.7 Å². The number of nitrogens with zero attached hydrogens (tertiary/aromatic N) is 2. The number of imidazole rings is 1. The lowest BCUT2D eigenvalue weighted by Crippen LogP contribution is -2.25. The van der Waals surface area contributed by atoms with Crippen LogP contribution in [0.3, 0.4) is 0 Å². The molecule has 6 heteroatoms. The molecule has 0 aliphatic rings. The quantitative estimate of drug-likeness (QED) is 0.395. The normalized spacial score (nSPS) is 14.0. The van der Waals surface area contributed by atoms with Crippen molar-refractivity contribution in [2.75, 3.05) is 0 Å². The van der Waals surface area contributed by atoms with E-state index in [1.54, 1.807) is 12.1 Å². The van der Waals surface area contributed by atoms with Crippen molar-refractivity contribution in [3.8, 4) is 5.75 Å². The van der Waals surface area contributed by atoms with Crippen molar-refractivity contribution in [1.82, 2.24) is 9.13 Å². The Balaban J connectivity index is 2.01. The molecule has 2 unspecified atom stereocenters. The standard InChI is InChI=1S/C28H40N2O4/c1-7-23(13-12-21(5)20(3)4)18-29-19-25(30(8-2)28(29)33)11-9-10-24-14-16-26(17-15-24)34-22(6)27(31)32/h7,12-17,19-22H,8-11,18H2,1-6H3,(H,31,32)/b13-12-,23-7+. The van der Waals surface area contributed by atoms with Crippen molar-refractivity contribution in [3.05, 3.63) is 76.0 Å². The van der Waals surface area contributed by atoms with Crippen molar-refractivity contribution < 1.29 is 14.6 Å². The number of ether oxygens (including phenoxy) is 1. The third-order valence-corrected chi connectivity index (χ3v) is 6.32. The number of allylic oxidation sites excluding steroid dienone is 4. The van der Waals surface area contributed by atoms with Gasteiger partial charge in [-0.25, -0.2) is 9.59 Å². The Kier molecular flexibility index (Phi) is 10.4. The van der Waals surface area contributed by atoms with Gasteiger partial charge in [-0.2, -0.15) is 0 Å². The van der Waals surface area contributed by atoms with Gasteiger partial charge in [0.2, 0.25) is 0 Å². The van der Waals surface area contributed by atoms with Gasteiger partial charge < -0.3 is 9.84 Å². The fourth-order valence-corrected chi connectivity index (χ4v) is 3.63. The second kappa shape index (κ2) is 13.0. The minimum absolute atomic E-state index is 0.0382. The average molecular weight is 469 g/mol. The van der Waals surface area contributed by atoms with E-state index in [1.807, 2.05) is 41.3 Å². The average Bonchev–Trinajstić information content (AvgIpc) is 3.11. The molecule has 0 fully saturated rings. The number of benzene rings is 1. The molecule has 1 heterocycles. The van der Waals surface area contributed by atoms with E-state index < -0.39 is 12.1 Å². The Hall–Kier alpha value is -3.02. The fourth-order valence-electron chi connectivity index (χ4n) is 3.63. The zero-order valence-corrected chi connectivity index (χ0v) is 21.5. The molecule has 0 saturated carbocycles. The van der Waals surface area contributed by atoms with Crippen LogP contribution >= 0.6 is 0 Å². The minimum Gasteiger partial charge on any atom is -0.479 e. The Morgan fingerprint density at radius 3 is 2.35 bits per heavy atom. The number of aromatic nitrogens is 2. The van der Waals surface area contributed by atoms with Crippen LogP contribution in [0.1, 0.15) is 59.2 Å². The maximum absolute atomic E-state index is 12.9. The minimum atomic E-state index is -0.985. The summed E-state index contributed by atoms with van der Waals surface area (Å²) < 4.78 is 9.06. The van der Waals surface area contributed by atoms with Gasteiger partial charge in [0.05, 0.1) is 6.54 Å². The highest BCUT2D eigenvalue weighted by Gasteiger charge is 2.13. The smallest absolute Gasteiger partial charge is 0.344 e. The van der Waals surface area contributed by atoms with Crippen LogP contribution in [0.2, 0.25) is 0 Å². The number of carboxylic acids is 1. The second-order valence-electron chi connectivity index (χ2n) is 9.20. The molecule has 6 nitrogen and oxygen atoms in total. The Morgan fingerprint density at radius 2 is 1.79 bits per heavy atom. The first-order valence-corrected chi connectivity index (χ1v) is 12.3. The second-order valence-corrected chi connectivity index (χ2v) is 9.20. The van der Waals surface area contributed by atoms with Gasteiger partial charge in [0.15, 0.2) is 6.10 Å². The molecule has 2 atom stereocenters. The van der Waals surface area contributed by atoms with E-state index >= 15 is 0 Å². The first-order valence-electron chi connectivity index (χ1n) is 12.3. The highest BCUT2D eigenvalue weighted by atomic mass is 16.5. The van der Waals surface area contributed by atoms with Crippen molar-refractivity contribution in [2.45, 2.75) is 80.0 Å². The van der Waals surface area contributed by atoms with Gasteiger partial charge in [0.25, 0.3) is 0 Å². The summed E-state index contributed by atoms with van der Waals surface area (Å²) in [5.74, 6) is 0.637. The monoisotopic (exact) mass is 468 g/mol. The molecule has 0 aliphatic carbocycles. The lowest BCUT2D eigenvalue weighted by atomic mass is 9.97. The number of carbonyl (C=O) groups is 1. The van der Waals surface area contributed by atoms with Gasteiger partial charge in [0.1, 0.15) is 5.75 Å². The van der Waals surface area contributed by atoms with Gasteiger partial charge >= 0.3 is 11.7 Å². The molecule has 1 N–H and O–H groups in total. The van der Waals surface area contributed by atoms with E-state index in [0.29, 0.717) is 30.7 Å². The van der Waals surface area contributed by atoms with E-state index in [1.165, 1.54) is 6.92 Å². The topological polar surface area (TPSA) is 73.5 Å². The van der Waals surface area contributed by atoms with Crippen molar-refractivity contribution in [2.24, 2.45) is 11.8 Å². The molecule has 0 spiro atoms. The summed E-state index contributed by atoms with van der Waals surface area (Å²) in [4.78, 5) is 23.9. The van der Waals surface area contributed by atoms with Crippen LogP contribution in [0.15, 0.2) is 59.1 Å². The number of carboxylic acid groups (broad SMARTS) is 1. The molecule has 186 valence electrons. The van der Waals surface area contributed by atoms with E-state index in [9.17, 15) is 9.59 Å². The summed E-state index contributed by atoms with van der Waals surface area (Å²) in [6.07, 6.45) is 10.2. The molecule has 0 amide bonds. The molecular weight excluding hydrogens is 428 g/mol. The summed E-state index contributed by atoms with van der Waals surface area (Å²) in [5, 5.41) is 8.96. The van der Waals surface area contributed by atoms with Gasteiger partial charge in [0, 0.05) is 18.4 Å². The summed E-state index contributed by atoms with van der Waals surface area (Å²) in [7, 11) is 0. The van der Waals surface area contributed by atoms with Crippen LogP contribution in [0.4, 0.5) is 0 Å². The van der Waals surface area contributed by atoms with Crippen molar-refractivity contribution in [1.29, 1.82) is 0 Å². The Labute approximate surface area is 203 Å². The third-order valence-electron chi connectivity index (χ3n) is 6.32. The third kappa shape index (κ3) is 7.79. The largest absolute Gasteiger partial charge is 0.479 e. The number of hydrogen-bond acceptors (Lipinski definition) is 3. The highest BCUT2D eigenvalue weighted by molar-refractivity contribution is 5.72. The van der Waals surface area contributed by atoms with E-state index in [4.69, 9.17) is 9.84 Å². The SMILES string of the molecule is C/C=C(\C=C/C(C)C(C)C)Cn1cc(CCCc2ccc(OC(C)C(=O)O)cc2)n(CC)c1=O. The zero-order chi connectivity index (χ0) is 25.3. The molecule has 0 bridgehead atoms. The molecule has 0 saturated heterocycles. The van der Waals surface area contributed by atoms with Crippen molar-refractivity contribution >= 4 is 5.97 Å². The lowest BCUT2D eigenvalue weighted by Gasteiger charge is -2.10. The fraction of sp³-hybridized carbons (Fsp3) is 0.500. The summed E-state index contributed by atoms with van der Waals surface area (Å²) in [5.41, 5.74) is 3.38. The predicted octanol–water partition coefficient (Wildman–Crippen LogP) is 5.49. The van der Waals surface area contributed by atoms with Gasteiger partial charge in [-0.05, 0) is 75.1 Å². The van der Waals surface area contributed by atoms with E-state index in [-0.39, 0.29) is 5.69 Å². The van der Waals surface area contributed by atoms with Crippen LogP contribution < -0.4 is 10.4 Å². The maximum atomic E-state index is 12.9. The molecule has 2 aromatic rings. The molecule has 34 heavy (non-hydrogen) atoms. The number of rotatable bonds is 13. The van der Waals surface area contributed by atoms with Crippen LogP contribution in [0.25, 0.3) is 0 Å². The van der Waals surface area contributed by atoms with Gasteiger partial charge in [-0.15, -0.1) is 0 Å². The van der Waals surface area contributed by atoms with Crippen LogP contribution in [-0.4, -0.2) is 26.3 Å². The van der Waals surface area contributed by atoms with E-state index in [0.717, 1.165) is 36.1 Å². The molecule has 1 aromatic heterocycles. The predicted molar refractivity (Wildman–Crippen MR) is 137 cm³/mol. The first kappa shape index (κ1) is 27.2. The lowest BCUT2D eigenvalue weighted by molar-refractivity contribution is -0.144. The Bertz CT molecular complexity index is 1040. The maximum Gasteiger partial charge on any atom is 0.344 e. The molecular formula is C28H40N2O4. The van der Waals surface area contributed by atoms with E-state index in [2.05, 4.69) is 39.0 Å². The van der Waals surface area contributed by atoms with Crippen molar-refractivity contribution in [3.63, 3.8) is 0 Å². The van der Waals surface area contributed by atoms with Gasteiger partial charge in [-0.3, -0.25) is 9.13 Å². The molecule has 0 radical (unpaired) electrons.